The highest BCUT2D eigenvalue weighted by Crippen LogP contribution is 2.25. The van der Waals surface area contributed by atoms with Crippen molar-refractivity contribution in [3.05, 3.63) is 101 Å². The van der Waals surface area contributed by atoms with Crippen LogP contribution in [0, 0.1) is 6.92 Å². The van der Waals surface area contributed by atoms with Crippen LogP contribution in [0.15, 0.2) is 78.9 Å². The van der Waals surface area contributed by atoms with Crippen LogP contribution in [0.2, 0.25) is 0 Å². The topological polar surface area (TPSA) is 73.8 Å². The highest BCUT2D eigenvalue weighted by Gasteiger charge is 2.18. The van der Waals surface area contributed by atoms with Crippen molar-refractivity contribution in [2.75, 3.05) is 13.1 Å². The average Bonchev–Trinajstić information content (AvgIpc) is 2.87. The lowest BCUT2D eigenvalue weighted by Crippen LogP contribution is -2.36. The van der Waals surface area contributed by atoms with E-state index < -0.39 is 12.2 Å². The maximum absolute atomic E-state index is 10.8. The molecule has 4 atom stereocenters. The number of aryl methyl sites for hydroxylation is 1. The summed E-state index contributed by atoms with van der Waals surface area (Å²) in [4.78, 5) is 0. The summed E-state index contributed by atoms with van der Waals surface area (Å²) in [6, 6.07) is 25.6. The maximum Gasteiger partial charge on any atom is 0.122 e. The Morgan fingerprint density at radius 3 is 1.88 bits per heavy atom. The molecule has 0 heterocycles. The van der Waals surface area contributed by atoms with Crippen molar-refractivity contribution in [2.45, 2.75) is 58.1 Å². The Bertz CT molecular complexity index is 981. The summed E-state index contributed by atoms with van der Waals surface area (Å²) in [5.41, 5.74) is 3.93. The third-order valence-corrected chi connectivity index (χ3v) is 6.15. The zero-order valence-corrected chi connectivity index (χ0v) is 20.4. The second-order valence-corrected chi connectivity index (χ2v) is 8.94. The van der Waals surface area contributed by atoms with Crippen molar-refractivity contribution in [3.63, 3.8) is 0 Å². The molecule has 0 radical (unpaired) electrons. The first kappa shape index (κ1) is 25.9. The van der Waals surface area contributed by atoms with E-state index in [4.69, 9.17) is 4.74 Å². The lowest BCUT2D eigenvalue weighted by Gasteiger charge is -2.23. The third kappa shape index (κ3) is 7.67. The number of benzene rings is 3. The molecule has 0 aliphatic carbocycles. The van der Waals surface area contributed by atoms with Gasteiger partial charge in [-0.2, -0.15) is 0 Å². The first-order chi connectivity index (χ1) is 16.5. The van der Waals surface area contributed by atoms with Crippen molar-refractivity contribution in [2.24, 2.45) is 0 Å². The number of aliphatic hydroxyl groups excluding tert-OH is 2. The number of hydrogen-bond acceptors (Lipinski definition) is 5. The molecule has 4 N–H and O–H groups in total. The highest BCUT2D eigenvalue weighted by molar-refractivity contribution is 5.37. The van der Waals surface area contributed by atoms with Gasteiger partial charge in [-0.15, -0.1) is 0 Å². The summed E-state index contributed by atoms with van der Waals surface area (Å²) < 4.78 is 5.95. The minimum absolute atomic E-state index is 0.0315. The standard InChI is InChI=1S/C29H38N2O3/c1-21-19-26(15-16-27(21)34-20-24-11-6-4-7-12-24)29(33)23(3)31-18-10-17-30-22(2)28(32)25-13-8-5-9-14-25/h4-9,11-16,19,22-23,28-33H,10,17-18,20H2,1-3H3. The lowest BCUT2D eigenvalue weighted by molar-refractivity contribution is 0.132. The van der Waals surface area contributed by atoms with Crippen LogP contribution in [0.5, 0.6) is 5.75 Å². The molecule has 5 heteroatoms. The van der Waals surface area contributed by atoms with E-state index in [-0.39, 0.29) is 12.1 Å². The van der Waals surface area contributed by atoms with Gasteiger partial charge in [0.1, 0.15) is 12.4 Å². The largest absolute Gasteiger partial charge is 0.489 e. The van der Waals surface area contributed by atoms with Crippen LogP contribution in [0.4, 0.5) is 0 Å². The van der Waals surface area contributed by atoms with E-state index in [1.165, 1.54) is 0 Å². The van der Waals surface area contributed by atoms with Gasteiger partial charge in [0.05, 0.1) is 12.2 Å². The van der Waals surface area contributed by atoms with E-state index in [2.05, 4.69) is 10.6 Å². The first-order valence-corrected chi connectivity index (χ1v) is 12.1. The minimum Gasteiger partial charge on any atom is -0.489 e. The molecule has 3 rings (SSSR count). The summed E-state index contributed by atoms with van der Waals surface area (Å²) in [6.45, 7) is 8.08. The number of rotatable bonds is 13. The summed E-state index contributed by atoms with van der Waals surface area (Å²) in [5.74, 6) is 0.832. The number of hydrogen-bond donors (Lipinski definition) is 4. The fourth-order valence-electron chi connectivity index (χ4n) is 3.95. The van der Waals surface area contributed by atoms with E-state index in [0.717, 1.165) is 47.5 Å². The Balaban J connectivity index is 1.39. The number of aliphatic hydroxyl groups is 2. The summed E-state index contributed by atoms with van der Waals surface area (Å²) in [7, 11) is 0. The van der Waals surface area contributed by atoms with E-state index in [1.807, 2.05) is 99.6 Å². The normalized spacial score (nSPS) is 14.9. The predicted molar refractivity (Wildman–Crippen MR) is 138 cm³/mol. The minimum atomic E-state index is -0.603. The Kier molecular flexibility index (Phi) is 10.1. The molecule has 0 saturated heterocycles. The van der Waals surface area contributed by atoms with Gasteiger partial charge in [0.25, 0.3) is 0 Å². The zero-order chi connectivity index (χ0) is 24.3. The van der Waals surface area contributed by atoms with Crippen molar-refractivity contribution in [1.29, 1.82) is 0 Å². The van der Waals surface area contributed by atoms with Crippen LogP contribution in [0.25, 0.3) is 0 Å². The summed E-state index contributed by atoms with van der Waals surface area (Å²) in [5, 5.41) is 28.0. The molecule has 0 fully saturated rings. The van der Waals surface area contributed by atoms with E-state index in [9.17, 15) is 10.2 Å². The van der Waals surface area contributed by atoms with Gasteiger partial charge in [-0.25, -0.2) is 0 Å². The lowest BCUT2D eigenvalue weighted by atomic mass is 10.0. The van der Waals surface area contributed by atoms with Crippen LogP contribution >= 0.6 is 0 Å². The Labute approximate surface area is 203 Å². The van der Waals surface area contributed by atoms with Gasteiger partial charge in [0, 0.05) is 12.1 Å². The van der Waals surface area contributed by atoms with Crippen molar-refractivity contribution < 1.29 is 14.9 Å². The van der Waals surface area contributed by atoms with E-state index in [1.54, 1.807) is 0 Å². The Morgan fingerprint density at radius 2 is 1.29 bits per heavy atom. The number of ether oxygens (including phenoxy) is 1. The molecule has 0 aliphatic rings. The van der Waals surface area contributed by atoms with Crippen molar-refractivity contribution >= 4 is 0 Å². The SMILES string of the molecule is Cc1cc(C(O)C(C)NCCCNC(C)C(O)c2ccccc2)ccc1OCc1ccccc1. The van der Waals surface area contributed by atoms with Crippen LogP contribution in [0.3, 0.4) is 0 Å². The van der Waals surface area contributed by atoms with Gasteiger partial charge >= 0.3 is 0 Å². The molecule has 0 aliphatic heterocycles. The smallest absolute Gasteiger partial charge is 0.122 e. The maximum atomic E-state index is 10.8. The Hall–Kier alpha value is -2.70. The van der Waals surface area contributed by atoms with Gasteiger partial charge in [-0.3, -0.25) is 0 Å². The molecule has 34 heavy (non-hydrogen) atoms. The van der Waals surface area contributed by atoms with Gasteiger partial charge in [0.2, 0.25) is 0 Å². The van der Waals surface area contributed by atoms with E-state index in [0.29, 0.717) is 6.61 Å². The van der Waals surface area contributed by atoms with Crippen molar-refractivity contribution in [1.82, 2.24) is 10.6 Å². The molecule has 0 saturated carbocycles. The fourth-order valence-corrected chi connectivity index (χ4v) is 3.95. The molecule has 4 unspecified atom stereocenters. The monoisotopic (exact) mass is 462 g/mol. The van der Waals surface area contributed by atoms with Crippen molar-refractivity contribution in [3.8, 4) is 5.75 Å². The van der Waals surface area contributed by atoms with Gasteiger partial charge in [-0.1, -0.05) is 66.7 Å². The second kappa shape index (κ2) is 13.3. The van der Waals surface area contributed by atoms with Gasteiger partial charge < -0.3 is 25.6 Å². The highest BCUT2D eigenvalue weighted by atomic mass is 16.5. The summed E-state index contributed by atoms with van der Waals surface area (Å²) >= 11 is 0. The average molecular weight is 463 g/mol. The molecule has 0 amide bonds. The molecular formula is C29H38N2O3. The van der Waals surface area contributed by atoms with Crippen LogP contribution in [-0.2, 0) is 6.61 Å². The molecular weight excluding hydrogens is 424 g/mol. The molecule has 5 nitrogen and oxygen atoms in total. The molecule has 0 spiro atoms. The first-order valence-electron chi connectivity index (χ1n) is 12.1. The van der Waals surface area contributed by atoms with Crippen LogP contribution < -0.4 is 15.4 Å². The predicted octanol–water partition coefficient (Wildman–Crippen LogP) is 4.69. The molecule has 0 bridgehead atoms. The Morgan fingerprint density at radius 1 is 0.735 bits per heavy atom. The fraction of sp³-hybridized carbons (Fsp3) is 0.379. The third-order valence-electron chi connectivity index (χ3n) is 6.15. The quantitative estimate of drug-likeness (QED) is 0.278. The molecule has 3 aromatic carbocycles. The molecule has 182 valence electrons. The van der Waals surface area contributed by atoms with Crippen LogP contribution in [0.1, 0.15) is 54.7 Å². The zero-order valence-electron chi connectivity index (χ0n) is 20.4. The summed E-state index contributed by atoms with van der Waals surface area (Å²) in [6.07, 6.45) is -0.236. The van der Waals surface area contributed by atoms with Crippen LogP contribution in [-0.4, -0.2) is 35.4 Å². The number of nitrogens with one attached hydrogen (secondary N) is 2. The molecule has 0 aromatic heterocycles. The van der Waals surface area contributed by atoms with Gasteiger partial charge in [-0.05, 0) is 74.7 Å². The second-order valence-electron chi connectivity index (χ2n) is 8.94. The molecule has 3 aromatic rings. The van der Waals surface area contributed by atoms with E-state index >= 15 is 0 Å². The van der Waals surface area contributed by atoms with Gasteiger partial charge in [0.15, 0.2) is 0 Å².